The van der Waals surface area contributed by atoms with Gasteiger partial charge in [0, 0.05) is 12.4 Å². The van der Waals surface area contributed by atoms with Crippen molar-refractivity contribution in [2.24, 2.45) is 0 Å². The van der Waals surface area contributed by atoms with Crippen LogP contribution in [0.2, 0.25) is 0 Å². The summed E-state index contributed by atoms with van der Waals surface area (Å²) in [5.74, 6) is 1.07. The first-order valence-electron chi connectivity index (χ1n) is 10.4. The fourth-order valence-electron chi connectivity index (χ4n) is 3.79. The van der Waals surface area contributed by atoms with Crippen LogP contribution < -0.4 is 4.74 Å². The maximum Gasteiger partial charge on any atom is 0.237 e. The number of rotatable bonds is 6. The summed E-state index contributed by atoms with van der Waals surface area (Å²) in [5.41, 5.74) is 3.83. The summed E-state index contributed by atoms with van der Waals surface area (Å²) in [6, 6.07) is 13.3. The highest BCUT2D eigenvalue weighted by Gasteiger charge is 2.43. The Balaban J connectivity index is 1.50. The van der Waals surface area contributed by atoms with E-state index in [1.165, 1.54) is 0 Å². The highest BCUT2D eigenvalue weighted by molar-refractivity contribution is 5.38. The molecule has 8 heteroatoms. The Morgan fingerprint density at radius 2 is 1.75 bits per heavy atom. The van der Waals surface area contributed by atoms with Crippen molar-refractivity contribution in [1.29, 1.82) is 0 Å². The summed E-state index contributed by atoms with van der Waals surface area (Å²) < 4.78 is 11.4. The van der Waals surface area contributed by atoms with Crippen LogP contribution in [0.25, 0.3) is 0 Å². The second-order valence-electron chi connectivity index (χ2n) is 7.90. The molecule has 4 N–H and O–H groups in total. The van der Waals surface area contributed by atoms with Crippen molar-refractivity contribution in [3.63, 3.8) is 0 Å². The average Bonchev–Trinajstić information content (AvgIpc) is 2.81. The zero-order valence-electron chi connectivity index (χ0n) is 17.6. The molecule has 1 aliphatic rings. The van der Waals surface area contributed by atoms with Crippen molar-refractivity contribution in [3.05, 3.63) is 83.3 Å². The molecular formula is C24H26N2O6. The highest BCUT2D eigenvalue weighted by atomic mass is 16.5. The lowest BCUT2D eigenvalue weighted by Gasteiger charge is -2.40. The SMILES string of the molecule is Cc1ccc([C@@H]2O[C@H](CO)[C@@H](O)C(O)[C@H]2O)cc1Cc1ccc(Oc2cnccn2)cc1. The number of nitrogens with zero attached hydrogens (tertiary/aromatic N) is 2. The van der Waals surface area contributed by atoms with Crippen LogP contribution in [0.3, 0.4) is 0 Å². The third kappa shape index (κ3) is 4.79. The van der Waals surface area contributed by atoms with E-state index in [1.54, 1.807) is 18.6 Å². The molecular weight excluding hydrogens is 412 g/mol. The second kappa shape index (κ2) is 9.72. The zero-order chi connectivity index (χ0) is 22.7. The summed E-state index contributed by atoms with van der Waals surface area (Å²) in [4.78, 5) is 8.07. The molecule has 1 saturated heterocycles. The molecule has 32 heavy (non-hydrogen) atoms. The Labute approximate surface area is 185 Å². The number of aliphatic hydroxyl groups excluding tert-OH is 4. The Kier molecular flexibility index (Phi) is 6.78. The summed E-state index contributed by atoms with van der Waals surface area (Å²) in [6.45, 7) is 1.54. The van der Waals surface area contributed by atoms with Gasteiger partial charge in [0.25, 0.3) is 0 Å². The lowest BCUT2D eigenvalue weighted by atomic mass is 9.89. The minimum Gasteiger partial charge on any atom is -0.438 e. The molecule has 0 radical (unpaired) electrons. The smallest absolute Gasteiger partial charge is 0.237 e. The molecule has 5 atom stereocenters. The van der Waals surface area contributed by atoms with E-state index in [9.17, 15) is 20.4 Å². The van der Waals surface area contributed by atoms with Crippen LogP contribution in [0.4, 0.5) is 0 Å². The number of hydrogen-bond acceptors (Lipinski definition) is 8. The van der Waals surface area contributed by atoms with E-state index in [0.717, 1.165) is 16.7 Å². The third-order valence-electron chi connectivity index (χ3n) is 5.67. The molecule has 0 amide bonds. The van der Waals surface area contributed by atoms with E-state index in [2.05, 4.69) is 9.97 Å². The minimum absolute atomic E-state index is 0.420. The fourth-order valence-corrected chi connectivity index (χ4v) is 3.79. The monoisotopic (exact) mass is 438 g/mol. The van der Waals surface area contributed by atoms with Gasteiger partial charge in [-0.15, -0.1) is 0 Å². The molecule has 1 unspecified atom stereocenters. The highest BCUT2D eigenvalue weighted by Crippen LogP contribution is 2.33. The zero-order valence-corrected chi connectivity index (χ0v) is 17.6. The molecule has 168 valence electrons. The second-order valence-corrected chi connectivity index (χ2v) is 7.90. The molecule has 1 aliphatic heterocycles. The van der Waals surface area contributed by atoms with Crippen molar-refractivity contribution >= 4 is 0 Å². The van der Waals surface area contributed by atoms with Crippen LogP contribution in [-0.4, -0.2) is 61.4 Å². The summed E-state index contributed by atoms with van der Waals surface area (Å²) in [7, 11) is 0. The first-order chi connectivity index (χ1) is 15.5. The first-order valence-corrected chi connectivity index (χ1v) is 10.4. The summed E-state index contributed by atoms with van der Waals surface area (Å²) in [6.07, 6.45) is -0.551. The van der Waals surface area contributed by atoms with Crippen LogP contribution in [0.15, 0.2) is 61.1 Å². The Bertz CT molecular complexity index is 1030. The fraction of sp³-hybridized carbons (Fsp3) is 0.333. The van der Waals surface area contributed by atoms with Crippen LogP contribution in [0.5, 0.6) is 11.6 Å². The molecule has 0 saturated carbocycles. The predicted molar refractivity (Wildman–Crippen MR) is 115 cm³/mol. The first kappa shape index (κ1) is 22.3. The van der Waals surface area contributed by atoms with Gasteiger partial charge in [-0.3, -0.25) is 4.98 Å². The molecule has 3 aromatic rings. The lowest BCUT2D eigenvalue weighted by Crippen LogP contribution is -2.55. The standard InChI is InChI=1S/C24H26N2O6/c1-14-2-5-16(24-23(30)22(29)21(28)19(13-27)32-24)11-17(14)10-15-3-6-18(7-4-15)31-20-12-25-8-9-26-20/h2-9,11-12,19,21-24,27-30H,10,13H2,1H3/t19-,21-,22?,23-,24+/m1/s1. The molecule has 1 fully saturated rings. The van der Waals surface area contributed by atoms with Gasteiger partial charge in [0.2, 0.25) is 5.88 Å². The minimum atomic E-state index is -1.41. The van der Waals surface area contributed by atoms with E-state index in [0.29, 0.717) is 23.6 Å². The van der Waals surface area contributed by atoms with E-state index in [-0.39, 0.29) is 0 Å². The van der Waals surface area contributed by atoms with Gasteiger partial charge >= 0.3 is 0 Å². The number of aliphatic hydroxyl groups is 4. The molecule has 4 rings (SSSR count). The maximum absolute atomic E-state index is 10.4. The topological polar surface area (TPSA) is 125 Å². The van der Waals surface area contributed by atoms with Crippen molar-refractivity contribution < 1.29 is 29.9 Å². The van der Waals surface area contributed by atoms with Crippen molar-refractivity contribution in [2.45, 2.75) is 43.9 Å². The number of ether oxygens (including phenoxy) is 2. The van der Waals surface area contributed by atoms with Gasteiger partial charge < -0.3 is 29.9 Å². The molecule has 2 aromatic carbocycles. The normalized spacial score (nSPS) is 25.5. The summed E-state index contributed by atoms with van der Waals surface area (Å²) in [5, 5.41) is 40.0. The molecule has 0 aliphatic carbocycles. The maximum atomic E-state index is 10.4. The quantitative estimate of drug-likeness (QED) is 0.458. The number of aromatic nitrogens is 2. The van der Waals surface area contributed by atoms with Crippen LogP contribution in [0.1, 0.15) is 28.4 Å². The largest absolute Gasteiger partial charge is 0.438 e. The van der Waals surface area contributed by atoms with Crippen LogP contribution in [0, 0.1) is 6.92 Å². The van der Waals surface area contributed by atoms with Crippen molar-refractivity contribution in [2.75, 3.05) is 6.61 Å². The van der Waals surface area contributed by atoms with E-state index in [4.69, 9.17) is 9.47 Å². The van der Waals surface area contributed by atoms with Crippen molar-refractivity contribution in [1.82, 2.24) is 9.97 Å². The molecule has 1 aromatic heterocycles. The Hall–Kier alpha value is -2.88. The average molecular weight is 438 g/mol. The van der Waals surface area contributed by atoms with E-state index < -0.39 is 37.1 Å². The molecule has 0 bridgehead atoms. The number of hydrogen-bond donors (Lipinski definition) is 4. The van der Waals surface area contributed by atoms with Gasteiger partial charge in [0.05, 0.1) is 12.8 Å². The van der Waals surface area contributed by atoms with Gasteiger partial charge in [-0.2, -0.15) is 0 Å². The third-order valence-corrected chi connectivity index (χ3v) is 5.67. The number of benzene rings is 2. The van der Waals surface area contributed by atoms with Gasteiger partial charge in [0.15, 0.2) is 0 Å². The van der Waals surface area contributed by atoms with E-state index >= 15 is 0 Å². The molecule has 0 spiro atoms. The van der Waals surface area contributed by atoms with Gasteiger partial charge in [-0.05, 0) is 47.7 Å². The Morgan fingerprint density at radius 3 is 2.44 bits per heavy atom. The van der Waals surface area contributed by atoms with Crippen LogP contribution >= 0.6 is 0 Å². The van der Waals surface area contributed by atoms with Crippen molar-refractivity contribution in [3.8, 4) is 11.6 Å². The molecule has 8 nitrogen and oxygen atoms in total. The predicted octanol–water partition coefficient (Wildman–Crippen LogP) is 1.68. The summed E-state index contributed by atoms with van der Waals surface area (Å²) >= 11 is 0. The lowest BCUT2D eigenvalue weighted by molar-refractivity contribution is -0.231. The number of aryl methyl sites for hydroxylation is 1. The van der Waals surface area contributed by atoms with Crippen LogP contribution in [-0.2, 0) is 11.2 Å². The van der Waals surface area contributed by atoms with Gasteiger partial charge in [0.1, 0.15) is 36.3 Å². The molecule has 2 heterocycles. The van der Waals surface area contributed by atoms with Gasteiger partial charge in [-0.1, -0.05) is 30.3 Å². The van der Waals surface area contributed by atoms with E-state index in [1.807, 2.05) is 49.4 Å². The van der Waals surface area contributed by atoms with Gasteiger partial charge in [-0.25, -0.2) is 4.98 Å². The Morgan fingerprint density at radius 1 is 0.969 bits per heavy atom.